The first kappa shape index (κ1) is 17.0. The van der Waals surface area contributed by atoms with Crippen molar-refractivity contribution < 1.29 is 35.1 Å². The van der Waals surface area contributed by atoms with Gasteiger partial charge < -0.3 is 25.5 Å². The van der Waals surface area contributed by atoms with Gasteiger partial charge in [-0.3, -0.25) is 0 Å². The molecule has 7 heteroatoms. The highest BCUT2D eigenvalue weighted by Crippen LogP contribution is 2.13. The SMILES string of the molecule is Cc1c(C(=O)O)cccc1C(=O)O.OCC(O)CO. The maximum atomic E-state index is 10.6. The standard InChI is InChI=1S/C9H8O4.C3H8O3/c1-5-6(8(10)11)3-2-4-7(5)9(12)13;4-1-3(6)2-5/h2-4H,1H3,(H,10,11)(H,12,13);3-6H,1-2H2. The fraction of sp³-hybridized carbons (Fsp3) is 0.333. The Kier molecular flexibility index (Phi) is 7.35. The van der Waals surface area contributed by atoms with Crippen LogP contribution in [0.15, 0.2) is 18.2 Å². The molecule has 0 saturated carbocycles. The van der Waals surface area contributed by atoms with E-state index in [2.05, 4.69) is 0 Å². The zero-order chi connectivity index (χ0) is 15.0. The van der Waals surface area contributed by atoms with Crippen LogP contribution in [0.5, 0.6) is 0 Å². The third-order valence-electron chi connectivity index (χ3n) is 2.22. The molecule has 0 aliphatic carbocycles. The molecule has 0 radical (unpaired) electrons. The van der Waals surface area contributed by atoms with Crippen LogP contribution >= 0.6 is 0 Å². The number of carboxylic acid groups (broad SMARTS) is 2. The van der Waals surface area contributed by atoms with E-state index in [1.807, 2.05) is 0 Å². The molecule has 1 aromatic carbocycles. The summed E-state index contributed by atoms with van der Waals surface area (Å²) in [5, 5.41) is 41.4. The van der Waals surface area contributed by atoms with Gasteiger partial charge in [-0.2, -0.15) is 0 Å². The van der Waals surface area contributed by atoms with Crippen molar-refractivity contribution in [1.82, 2.24) is 0 Å². The molecule has 0 atom stereocenters. The fourth-order valence-corrected chi connectivity index (χ4v) is 1.16. The van der Waals surface area contributed by atoms with Crippen molar-refractivity contribution >= 4 is 11.9 Å². The van der Waals surface area contributed by atoms with E-state index in [1.54, 1.807) is 0 Å². The molecule has 5 N–H and O–H groups in total. The van der Waals surface area contributed by atoms with E-state index in [0.717, 1.165) is 0 Å². The molecule has 0 saturated heterocycles. The Morgan fingerprint density at radius 3 is 1.63 bits per heavy atom. The lowest BCUT2D eigenvalue weighted by atomic mass is 10.0. The van der Waals surface area contributed by atoms with E-state index in [4.69, 9.17) is 25.5 Å². The minimum atomic E-state index is -1.11. The molecule has 0 aliphatic heterocycles. The normalized spacial score (nSPS) is 9.74. The first-order valence-corrected chi connectivity index (χ1v) is 5.31. The van der Waals surface area contributed by atoms with Gasteiger partial charge >= 0.3 is 11.9 Å². The molecule has 19 heavy (non-hydrogen) atoms. The van der Waals surface area contributed by atoms with Crippen molar-refractivity contribution in [2.75, 3.05) is 13.2 Å². The molecule has 106 valence electrons. The topological polar surface area (TPSA) is 135 Å². The van der Waals surface area contributed by atoms with Crippen LogP contribution in [-0.4, -0.2) is 56.8 Å². The Bertz CT molecular complexity index is 405. The van der Waals surface area contributed by atoms with E-state index in [0.29, 0.717) is 0 Å². The number of aromatic carboxylic acids is 2. The highest BCUT2D eigenvalue weighted by molar-refractivity contribution is 5.96. The van der Waals surface area contributed by atoms with Gasteiger partial charge in [-0.1, -0.05) is 6.07 Å². The van der Waals surface area contributed by atoms with Gasteiger partial charge in [0.05, 0.1) is 24.3 Å². The number of carboxylic acids is 2. The highest BCUT2D eigenvalue weighted by atomic mass is 16.4. The smallest absolute Gasteiger partial charge is 0.335 e. The molecular formula is C12H16O7. The van der Waals surface area contributed by atoms with Gasteiger partial charge in [0.15, 0.2) is 0 Å². The lowest BCUT2D eigenvalue weighted by Gasteiger charge is -2.03. The van der Waals surface area contributed by atoms with Crippen molar-refractivity contribution in [2.24, 2.45) is 0 Å². The van der Waals surface area contributed by atoms with Gasteiger partial charge in [-0.15, -0.1) is 0 Å². The van der Waals surface area contributed by atoms with Crippen LogP contribution < -0.4 is 0 Å². The summed E-state index contributed by atoms with van der Waals surface area (Å²) in [6.07, 6.45) is -0.954. The molecule has 7 nitrogen and oxygen atoms in total. The molecule has 0 unspecified atom stereocenters. The summed E-state index contributed by atoms with van der Waals surface area (Å²) in [6, 6.07) is 4.17. The molecule has 0 amide bonds. The number of rotatable bonds is 4. The summed E-state index contributed by atoms with van der Waals surface area (Å²) in [5.74, 6) is -2.22. The van der Waals surface area contributed by atoms with Crippen LogP contribution in [-0.2, 0) is 0 Å². The van der Waals surface area contributed by atoms with Gasteiger partial charge in [-0.05, 0) is 24.6 Å². The first-order chi connectivity index (χ1) is 8.84. The van der Waals surface area contributed by atoms with Crippen molar-refractivity contribution in [2.45, 2.75) is 13.0 Å². The molecule has 0 aromatic heterocycles. The van der Waals surface area contributed by atoms with Crippen molar-refractivity contribution in [3.63, 3.8) is 0 Å². The Morgan fingerprint density at radius 2 is 1.42 bits per heavy atom. The molecule has 0 spiro atoms. The van der Waals surface area contributed by atoms with Crippen molar-refractivity contribution in [3.8, 4) is 0 Å². The monoisotopic (exact) mass is 272 g/mol. The molecule has 0 heterocycles. The second-order valence-electron chi connectivity index (χ2n) is 3.61. The predicted molar refractivity (Wildman–Crippen MR) is 65.3 cm³/mol. The first-order valence-electron chi connectivity index (χ1n) is 5.31. The molecule has 0 aliphatic rings. The minimum Gasteiger partial charge on any atom is -0.478 e. The second-order valence-corrected chi connectivity index (χ2v) is 3.61. The second kappa shape index (κ2) is 8.20. The van der Waals surface area contributed by atoms with E-state index in [-0.39, 0.29) is 29.9 Å². The van der Waals surface area contributed by atoms with Crippen molar-refractivity contribution in [3.05, 3.63) is 34.9 Å². The number of benzene rings is 1. The summed E-state index contributed by atoms with van der Waals surface area (Å²) < 4.78 is 0. The Balaban J connectivity index is 0.000000459. The molecule has 1 rings (SSSR count). The summed E-state index contributed by atoms with van der Waals surface area (Å²) in [7, 11) is 0. The third kappa shape index (κ3) is 5.47. The molecule has 1 aromatic rings. The lowest BCUT2D eigenvalue weighted by molar-refractivity contribution is 0.0450. The fourth-order valence-electron chi connectivity index (χ4n) is 1.16. The minimum absolute atomic E-state index is 0.0277. The summed E-state index contributed by atoms with van der Waals surface area (Å²) in [5.41, 5.74) is 0.335. The van der Waals surface area contributed by atoms with Crippen LogP contribution in [0, 0.1) is 6.92 Å². The maximum absolute atomic E-state index is 10.6. The number of aliphatic hydroxyl groups is 3. The summed E-state index contributed by atoms with van der Waals surface area (Å²) in [6.45, 7) is 0.750. The number of hydrogen-bond acceptors (Lipinski definition) is 5. The number of hydrogen-bond donors (Lipinski definition) is 5. The average molecular weight is 272 g/mol. The zero-order valence-electron chi connectivity index (χ0n) is 10.3. The van der Waals surface area contributed by atoms with Gasteiger partial charge in [0, 0.05) is 0 Å². The predicted octanol–water partition coefficient (Wildman–Crippen LogP) is -0.277. The Labute approximate surface area is 109 Å². The average Bonchev–Trinajstić information content (AvgIpc) is 2.38. The third-order valence-corrected chi connectivity index (χ3v) is 2.22. The van der Waals surface area contributed by atoms with Crippen LogP contribution in [0.4, 0.5) is 0 Å². The van der Waals surface area contributed by atoms with Gasteiger partial charge in [0.2, 0.25) is 0 Å². The highest BCUT2D eigenvalue weighted by Gasteiger charge is 2.13. The van der Waals surface area contributed by atoms with Gasteiger partial charge in [-0.25, -0.2) is 9.59 Å². The van der Waals surface area contributed by atoms with Crippen molar-refractivity contribution in [1.29, 1.82) is 0 Å². The number of aliphatic hydroxyl groups excluding tert-OH is 3. The van der Waals surface area contributed by atoms with E-state index in [1.165, 1.54) is 25.1 Å². The lowest BCUT2D eigenvalue weighted by Crippen LogP contribution is -2.15. The largest absolute Gasteiger partial charge is 0.478 e. The quantitative estimate of drug-likeness (QED) is 0.508. The number of carbonyl (C=O) groups is 2. The van der Waals surface area contributed by atoms with E-state index >= 15 is 0 Å². The molecular weight excluding hydrogens is 256 g/mol. The Morgan fingerprint density at radius 1 is 1.05 bits per heavy atom. The zero-order valence-corrected chi connectivity index (χ0v) is 10.3. The van der Waals surface area contributed by atoms with E-state index < -0.39 is 18.0 Å². The Hall–Kier alpha value is -1.96. The van der Waals surface area contributed by atoms with Crippen LogP contribution in [0.1, 0.15) is 26.3 Å². The van der Waals surface area contributed by atoms with Crippen LogP contribution in [0.3, 0.4) is 0 Å². The maximum Gasteiger partial charge on any atom is 0.335 e. The van der Waals surface area contributed by atoms with E-state index in [9.17, 15) is 9.59 Å². The van der Waals surface area contributed by atoms with Gasteiger partial charge in [0.1, 0.15) is 6.10 Å². The van der Waals surface area contributed by atoms with Crippen LogP contribution in [0.2, 0.25) is 0 Å². The van der Waals surface area contributed by atoms with Crippen LogP contribution in [0.25, 0.3) is 0 Å². The summed E-state index contributed by atoms with van der Waals surface area (Å²) >= 11 is 0. The summed E-state index contributed by atoms with van der Waals surface area (Å²) in [4.78, 5) is 21.2. The molecule has 0 fully saturated rings. The van der Waals surface area contributed by atoms with Gasteiger partial charge in [0.25, 0.3) is 0 Å². The molecule has 0 bridgehead atoms.